The predicted octanol–water partition coefficient (Wildman–Crippen LogP) is 3.41. The molecule has 3 rings (SSSR count). The van der Waals surface area contributed by atoms with Crippen LogP contribution < -0.4 is 15.5 Å². The summed E-state index contributed by atoms with van der Waals surface area (Å²) in [5, 5.41) is 6.18. The van der Waals surface area contributed by atoms with E-state index in [-0.39, 0.29) is 24.4 Å². The van der Waals surface area contributed by atoms with Crippen molar-refractivity contribution in [2.45, 2.75) is 39.3 Å². The third-order valence-corrected chi connectivity index (χ3v) is 4.97. The lowest BCUT2D eigenvalue weighted by Crippen LogP contribution is -2.60. The minimum atomic E-state index is -0.945. The molecule has 5 heteroatoms. The minimum Gasteiger partial charge on any atom is -0.322 e. The molecule has 5 nitrogen and oxygen atoms in total. The third-order valence-electron chi connectivity index (χ3n) is 4.97. The molecule has 2 aromatic carbocycles. The Morgan fingerprint density at radius 3 is 2.54 bits per heavy atom. The van der Waals surface area contributed by atoms with E-state index in [1.165, 1.54) is 5.56 Å². The number of hydrogen-bond donors (Lipinski definition) is 2. The molecule has 1 heterocycles. The summed E-state index contributed by atoms with van der Waals surface area (Å²) in [6.07, 6.45) is 0. The number of rotatable bonds is 4. The van der Waals surface area contributed by atoms with Gasteiger partial charge in [0.25, 0.3) is 0 Å². The third kappa shape index (κ3) is 3.22. The summed E-state index contributed by atoms with van der Waals surface area (Å²) in [7, 11) is 0. The van der Waals surface area contributed by atoms with Crippen LogP contribution in [-0.2, 0) is 9.59 Å². The van der Waals surface area contributed by atoms with Crippen molar-refractivity contribution in [3.8, 4) is 0 Å². The van der Waals surface area contributed by atoms with Gasteiger partial charge in [0.05, 0.1) is 17.9 Å². The Labute approximate surface area is 154 Å². The van der Waals surface area contributed by atoms with Crippen molar-refractivity contribution in [1.29, 1.82) is 0 Å². The van der Waals surface area contributed by atoms with Crippen molar-refractivity contribution in [3.05, 3.63) is 59.7 Å². The summed E-state index contributed by atoms with van der Waals surface area (Å²) in [5.41, 5.74) is 2.79. The van der Waals surface area contributed by atoms with Gasteiger partial charge < -0.3 is 10.6 Å². The zero-order valence-corrected chi connectivity index (χ0v) is 15.7. The van der Waals surface area contributed by atoms with E-state index in [0.29, 0.717) is 5.69 Å². The maximum Gasteiger partial charge on any atom is 0.250 e. The second-order valence-corrected chi connectivity index (χ2v) is 7.22. The molecule has 2 N–H and O–H groups in total. The molecule has 1 aliphatic heterocycles. The number of carbonyl (C=O) groups is 2. The molecule has 0 aromatic heterocycles. The van der Waals surface area contributed by atoms with Crippen molar-refractivity contribution in [1.82, 2.24) is 5.32 Å². The number of nitrogens with zero attached hydrogens (tertiary/aromatic N) is 1. The Morgan fingerprint density at radius 1 is 1.15 bits per heavy atom. The van der Waals surface area contributed by atoms with Gasteiger partial charge in [-0.05, 0) is 51.0 Å². The van der Waals surface area contributed by atoms with Gasteiger partial charge in [0.2, 0.25) is 11.8 Å². The van der Waals surface area contributed by atoms with Crippen molar-refractivity contribution >= 4 is 23.2 Å². The lowest BCUT2D eigenvalue weighted by molar-refractivity contribution is -0.126. The Balaban J connectivity index is 1.80. The Morgan fingerprint density at radius 2 is 1.81 bits per heavy atom. The second-order valence-electron chi connectivity index (χ2n) is 7.22. The van der Waals surface area contributed by atoms with Gasteiger partial charge in [0.1, 0.15) is 5.54 Å². The van der Waals surface area contributed by atoms with Crippen LogP contribution in [0.25, 0.3) is 0 Å². The van der Waals surface area contributed by atoms with E-state index >= 15 is 0 Å². The Kier molecular flexibility index (Phi) is 4.83. The standard InChI is InChI=1S/C21H25N3O2/c1-14-9-5-6-10-16(14)15(2)22-13-19(25)24-18-12-8-7-11-17(18)23-20(26)21(24,3)4/h5-12,15,22H,13H2,1-4H3,(H,23,26)/t15-/m0/s1. The quantitative estimate of drug-likeness (QED) is 0.887. The van der Waals surface area contributed by atoms with Crippen LogP contribution in [0.3, 0.4) is 0 Å². The zero-order valence-electron chi connectivity index (χ0n) is 15.7. The summed E-state index contributed by atoms with van der Waals surface area (Å²) in [4.78, 5) is 27.1. The van der Waals surface area contributed by atoms with Crippen LogP contribution in [0.5, 0.6) is 0 Å². The van der Waals surface area contributed by atoms with Crippen LogP contribution in [0.15, 0.2) is 48.5 Å². The van der Waals surface area contributed by atoms with Gasteiger partial charge in [0, 0.05) is 6.04 Å². The van der Waals surface area contributed by atoms with E-state index in [1.807, 2.05) is 43.3 Å². The molecule has 0 saturated carbocycles. The van der Waals surface area contributed by atoms with Crippen molar-refractivity contribution in [2.75, 3.05) is 16.8 Å². The van der Waals surface area contributed by atoms with Crippen LogP contribution in [0.1, 0.15) is 37.9 Å². The summed E-state index contributed by atoms with van der Waals surface area (Å²) in [6.45, 7) is 7.78. The molecular weight excluding hydrogens is 326 g/mol. The molecule has 0 radical (unpaired) electrons. The molecule has 2 amide bonds. The SMILES string of the molecule is Cc1ccccc1[C@H](C)NCC(=O)N1c2ccccc2NC(=O)C1(C)C. The van der Waals surface area contributed by atoms with Crippen molar-refractivity contribution in [3.63, 3.8) is 0 Å². The number of amides is 2. The number of fused-ring (bicyclic) bond motifs is 1. The number of aryl methyl sites for hydroxylation is 1. The highest BCUT2D eigenvalue weighted by Gasteiger charge is 2.43. The van der Waals surface area contributed by atoms with Crippen LogP contribution in [0.4, 0.5) is 11.4 Å². The monoisotopic (exact) mass is 351 g/mol. The largest absolute Gasteiger partial charge is 0.322 e. The number of anilines is 2. The van der Waals surface area contributed by atoms with E-state index in [9.17, 15) is 9.59 Å². The molecule has 0 bridgehead atoms. The van der Waals surface area contributed by atoms with Crippen LogP contribution in [-0.4, -0.2) is 23.9 Å². The smallest absolute Gasteiger partial charge is 0.250 e. The maximum atomic E-state index is 13.0. The minimum absolute atomic E-state index is 0.0390. The number of hydrogen-bond acceptors (Lipinski definition) is 3. The molecule has 0 aliphatic carbocycles. The Hall–Kier alpha value is -2.66. The number of para-hydroxylation sites is 2. The van der Waals surface area contributed by atoms with Crippen LogP contribution >= 0.6 is 0 Å². The fourth-order valence-electron chi connectivity index (χ4n) is 3.40. The summed E-state index contributed by atoms with van der Waals surface area (Å²) >= 11 is 0. The van der Waals surface area contributed by atoms with Gasteiger partial charge in [-0.3, -0.25) is 14.5 Å². The first kappa shape index (κ1) is 18.1. The van der Waals surface area contributed by atoms with Crippen molar-refractivity contribution in [2.24, 2.45) is 0 Å². The molecule has 0 unspecified atom stereocenters. The second kappa shape index (κ2) is 6.92. The average molecular weight is 351 g/mol. The van der Waals surface area contributed by atoms with E-state index < -0.39 is 5.54 Å². The molecular formula is C21H25N3O2. The molecule has 2 aromatic rings. The molecule has 1 atom stereocenters. The lowest BCUT2D eigenvalue weighted by atomic mass is 9.96. The first-order chi connectivity index (χ1) is 12.3. The Bertz CT molecular complexity index is 845. The highest BCUT2D eigenvalue weighted by atomic mass is 16.2. The number of benzene rings is 2. The van der Waals surface area contributed by atoms with E-state index in [0.717, 1.165) is 11.3 Å². The fraction of sp³-hybridized carbons (Fsp3) is 0.333. The van der Waals surface area contributed by atoms with Gasteiger partial charge in [0.15, 0.2) is 0 Å². The molecule has 0 fully saturated rings. The summed E-state index contributed by atoms with van der Waals surface area (Å²) in [6, 6.07) is 15.5. The summed E-state index contributed by atoms with van der Waals surface area (Å²) < 4.78 is 0. The highest BCUT2D eigenvalue weighted by molar-refractivity contribution is 6.14. The lowest BCUT2D eigenvalue weighted by Gasteiger charge is -2.42. The summed E-state index contributed by atoms with van der Waals surface area (Å²) in [5.74, 6) is -0.311. The van der Waals surface area contributed by atoms with Crippen molar-refractivity contribution < 1.29 is 9.59 Å². The van der Waals surface area contributed by atoms with Gasteiger partial charge in [-0.15, -0.1) is 0 Å². The predicted molar refractivity (Wildman–Crippen MR) is 104 cm³/mol. The van der Waals surface area contributed by atoms with E-state index in [2.05, 4.69) is 29.7 Å². The molecule has 0 saturated heterocycles. The van der Waals surface area contributed by atoms with Crippen LogP contribution in [0.2, 0.25) is 0 Å². The molecule has 26 heavy (non-hydrogen) atoms. The zero-order chi connectivity index (χ0) is 18.9. The van der Waals surface area contributed by atoms with E-state index in [4.69, 9.17) is 0 Å². The molecule has 0 spiro atoms. The normalized spacial score (nSPS) is 16.6. The molecule has 136 valence electrons. The first-order valence-electron chi connectivity index (χ1n) is 8.85. The highest BCUT2D eigenvalue weighted by Crippen LogP contribution is 2.36. The average Bonchev–Trinajstić information content (AvgIpc) is 2.60. The molecule has 1 aliphatic rings. The maximum absolute atomic E-state index is 13.0. The van der Waals surface area contributed by atoms with Gasteiger partial charge >= 0.3 is 0 Å². The van der Waals surface area contributed by atoms with Gasteiger partial charge in [-0.1, -0.05) is 36.4 Å². The number of carbonyl (C=O) groups excluding carboxylic acids is 2. The fourth-order valence-corrected chi connectivity index (χ4v) is 3.40. The first-order valence-corrected chi connectivity index (χ1v) is 8.85. The topological polar surface area (TPSA) is 61.4 Å². The van der Waals surface area contributed by atoms with Gasteiger partial charge in [-0.2, -0.15) is 0 Å². The number of nitrogens with one attached hydrogen (secondary N) is 2. The van der Waals surface area contributed by atoms with E-state index in [1.54, 1.807) is 18.7 Å². The van der Waals surface area contributed by atoms with Crippen LogP contribution in [0, 0.1) is 6.92 Å². The van der Waals surface area contributed by atoms with Gasteiger partial charge in [-0.25, -0.2) is 0 Å².